The number of nitrogens with zero attached hydrogens (tertiary/aromatic N) is 3. The van der Waals surface area contributed by atoms with Crippen LogP contribution < -0.4 is 5.32 Å². The number of aromatic nitrogens is 2. The average molecular weight is 404 g/mol. The lowest BCUT2D eigenvalue weighted by Crippen LogP contribution is -2.29. The predicted octanol–water partition coefficient (Wildman–Crippen LogP) is 4.54. The Kier molecular flexibility index (Phi) is 5.07. The van der Waals surface area contributed by atoms with Crippen LogP contribution in [0, 0.1) is 0 Å². The SMILES string of the molecule is O=C1Cc2ccccc2C(c2ccccc2)=NC1Nc1cc(-c2ccccc2)cnn1. The van der Waals surface area contributed by atoms with Gasteiger partial charge in [-0.2, -0.15) is 5.10 Å². The van der Waals surface area contributed by atoms with Crippen molar-refractivity contribution in [2.75, 3.05) is 5.32 Å². The summed E-state index contributed by atoms with van der Waals surface area (Å²) in [7, 11) is 0. The molecule has 5 nitrogen and oxygen atoms in total. The van der Waals surface area contributed by atoms with E-state index in [1.807, 2.05) is 91.0 Å². The molecule has 0 spiro atoms. The second-order valence-electron chi connectivity index (χ2n) is 7.39. The first-order chi connectivity index (χ1) is 15.3. The first-order valence-electron chi connectivity index (χ1n) is 10.2. The molecule has 2 heterocycles. The molecule has 5 heteroatoms. The van der Waals surface area contributed by atoms with E-state index in [4.69, 9.17) is 4.99 Å². The number of Topliss-reactive ketones (excluding diaryl/α,β-unsaturated/α-hetero) is 1. The summed E-state index contributed by atoms with van der Waals surface area (Å²) in [5.41, 5.74) is 5.69. The lowest BCUT2D eigenvalue weighted by molar-refractivity contribution is -0.118. The standard InChI is InChI=1S/C26H20N4O/c31-23-15-20-13-7-8-14-22(20)25(19-11-5-2-6-12-19)29-26(23)28-24-16-21(17-27-30-24)18-9-3-1-4-10-18/h1-14,16-17,26H,15H2,(H,28,30). The van der Waals surface area contributed by atoms with Crippen LogP contribution in [0.1, 0.15) is 16.7 Å². The van der Waals surface area contributed by atoms with Gasteiger partial charge in [0.05, 0.1) is 11.9 Å². The molecule has 1 aliphatic rings. The highest BCUT2D eigenvalue weighted by Gasteiger charge is 2.26. The van der Waals surface area contributed by atoms with Crippen LogP contribution in [0.5, 0.6) is 0 Å². The van der Waals surface area contributed by atoms with Crippen LogP contribution in [0.3, 0.4) is 0 Å². The molecule has 1 aromatic heterocycles. The zero-order chi connectivity index (χ0) is 21.0. The Morgan fingerprint density at radius 2 is 1.45 bits per heavy atom. The molecule has 0 radical (unpaired) electrons. The normalized spacial score (nSPS) is 15.5. The van der Waals surface area contributed by atoms with E-state index in [-0.39, 0.29) is 5.78 Å². The minimum Gasteiger partial charge on any atom is -0.341 e. The highest BCUT2D eigenvalue weighted by Crippen LogP contribution is 2.24. The molecule has 0 saturated carbocycles. The van der Waals surface area contributed by atoms with E-state index in [0.29, 0.717) is 12.2 Å². The third kappa shape index (κ3) is 3.98. The first kappa shape index (κ1) is 18.9. The van der Waals surface area contributed by atoms with Gasteiger partial charge in [0.2, 0.25) is 0 Å². The van der Waals surface area contributed by atoms with E-state index in [1.165, 1.54) is 0 Å². The molecule has 1 unspecified atom stereocenters. The molecule has 0 saturated heterocycles. The van der Waals surface area contributed by atoms with Gasteiger partial charge in [-0.05, 0) is 17.2 Å². The van der Waals surface area contributed by atoms with Gasteiger partial charge in [0, 0.05) is 23.1 Å². The Balaban J connectivity index is 1.53. The fourth-order valence-corrected chi connectivity index (χ4v) is 3.77. The maximum atomic E-state index is 13.1. The summed E-state index contributed by atoms with van der Waals surface area (Å²) < 4.78 is 0. The molecule has 5 rings (SSSR count). The number of ketones is 1. The molecule has 1 atom stereocenters. The number of carbonyl (C=O) groups excluding carboxylic acids is 1. The highest BCUT2D eigenvalue weighted by molar-refractivity contribution is 6.16. The fraction of sp³-hybridized carbons (Fsp3) is 0.0769. The maximum Gasteiger partial charge on any atom is 0.181 e. The first-order valence-corrected chi connectivity index (χ1v) is 10.2. The number of fused-ring (bicyclic) bond motifs is 1. The molecular formula is C26H20N4O. The number of rotatable bonds is 4. The minimum absolute atomic E-state index is 0.00899. The second-order valence-corrected chi connectivity index (χ2v) is 7.39. The number of benzene rings is 3. The Morgan fingerprint density at radius 1 is 0.774 bits per heavy atom. The number of nitrogens with one attached hydrogen (secondary N) is 1. The van der Waals surface area contributed by atoms with Gasteiger partial charge in [-0.1, -0.05) is 84.9 Å². The van der Waals surface area contributed by atoms with Crippen LogP contribution in [-0.2, 0) is 11.2 Å². The summed E-state index contributed by atoms with van der Waals surface area (Å²) in [6.45, 7) is 0. The molecule has 0 bridgehead atoms. The summed E-state index contributed by atoms with van der Waals surface area (Å²) in [4.78, 5) is 17.9. The molecular weight excluding hydrogens is 384 g/mol. The summed E-state index contributed by atoms with van der Waals surface area (Å²) in [5.74, 6) is 0.507. The molecule has 1 N–H and O–H groups in total. The molecule has 0 aliphatic carbocycles. The molecule has 150 valence electrons. The largest absolute Gasteiger partial charge is 0.341 e. The summed E-state index contributed by atoms with van der Waals surface area (Å²) in [6, 6.07) is 29.7. The minimum atomic E-state index is -0.747. The van der Waals surface area contributed by atoms with E-state index >= 15 is 0 Å². The molecule has 31 heavy (non-hydrogen) atoms. The van der Waals surface area contributed by atoms with Crippen LogP contribution in [0.4, 0.5) is 5.82 Å². The van der Waals surface area contributed by atoms with Gasteiger partial charge in [-0.25, -0.2) is 0 Å². The van der Waals surface area contributed by atoms with Gasteiger partial charge in [0.25, 0.3) is 0 Å². The predicted molar refractivity (Wildman–Crippen MR) is 122 cm³/mol. The van der Waals surface area contributed by atoms with Gasteiger partial charge in [-0.3, -0.25) is 9.79 Å². The van der Waals surface area contributed by atoms with E-state index in [9.17, 15) is 4.79 Å². The van der Waals surface area contributed by atoms with Crippen LogP contribution >= 0.6 is 0 Å². The van der Waals surface area contributed by atoms with Gasteiger partial charge in [0.1, 0.15) is 0 Å². The highest BCUT2D eigenvalue weighted by atomic mass is 16.1. The molecule has 0 amide bonds. The Hall–Kier alpha value is -4.12. The zero-order valence-electron chi connectivity index (χ0n) is 16.8. The van der Waals surface area contributed by atoms with E-state index in [0.717, 1.165) is 33.5 Å². The quantitative estimate of drug-likeness (QED) is 0.542. The van der Waals surface area contributed by atoms with Crippen molar-refractivity contribution in [2.45, 2.75) is 12.6 Å². The van der Waals surface area contributed by atoms with Gasteiger partial charge < -0.3 is 5.32 Å². The van der Waals surface area contributed by atoms with E-state index < -0.39 is 6.17 Å². The number of carbonyl (C=O) groups is 1. The maximum absolute atomic E-state index is 13.1. The van der Waals surface area contributed by atoms with Crippen molar-refractivity contribution in [1.82, 2.24) is 10.2 Å². The lowest BCUT2D eigenvalue weighted by Gasteiger charge is -2.14. The smallest absolute Gasteiger partial charge is 0.181 e. The van der Waals surface area contributed by atoms with Crippen molar-refractivity contribution >= 4 is 17.3 Å². The Bertz CT molecular complexity index is 1250. The van der Waals surface area contributed by atoms with Crippen LogP contribution in [0.25, 0.3) is 11.1 Å². The van der Waals surface area contributed by atoms with Crippen molar-refractivity contribution in [3.63, 3.8) is 0 Å². The number of anilines is 1. The summed E-state index contributed by atoms with van der Waals surface area (Å²) >= 11 is 0. The third-order valence-electron chi connectivity index (χ3n) is 5.29. The van der Waals surface area contributed by atoms with Crippen molar-refractivity contribution in [3.8, 4) is 11.1 Å². The van der Waals surface area contributed by atoms with Gasteiger partial charge >= 0.3 is 0 Å². The van der Waals surface area contributed by atoms with Crippen LogP contribution in [-0.4, -0.2) is 27.9 Å². The lowest BCUT2D eigenvalue weighted by atomic mass is 9.96. The summed E-state index contributed by atoms with van der Waals surface area (Å²) in [6.07, 6.45) is 1.27. The zero-order valence-corrected chi connectivity index (χ0v) is 16.8. The number of hydrogen-bond acceptors (Lipinski definition) is 5. The monoisotopic (exact) mass is 404 g/mol. The van der Waals surface area contributed by atoms with Crippen molar-refractivity contribution in [1.29, 1.82) is 0 Å². The molecule has 4 aromatic rings. The number of aliphatic imine (C=N–C) groups is 1. The number of hydrogen-bond donors (Lipinski definition) is 1. The fourth-order valence-electron chi connectivity index (χ4n) is 3.77. The topological polar surface area (TPSA) is 67.2 Å². The Morgan fingerprint density at radius 3 is 2.23 bits per heavy atom. The van der Waals surface area contributed by atoms with Crippen molar-refractivity contribution < 1.29 is 4.79 Å². The van der Waals surface area contributed by atoms with Gasteiger partial charge in [-0.15, -0.1) is 5.10 Å². The second kappa shape index (κ2) is 8.32. The van der Waals surface area contributed by atoms with E-state index in [2.05, 4.69) is 15.5 Å². The molecule has 0 fully saturated rings. The van der Waals surface area contributed by atoms with Gasteiger partial charge in [0.15, 0.2) is 17.8 Å². The molecule has 1 aliphatic heterocycles. The average Bonchev–Trinajstić information content (AvgIpc) is 2.97. The van der Waals surface area contributed by atoms with Crippen molar-refractivity contribution in [3.05, 3.63) is 114 Å². The summed E-state index contributed by atoms with van der Waals surface area (Å²) in [5, 5.41) is 11.5. The third-order valence-corrected chi connectivity index (χ3v) is 5.29. The van der Waals surface area contributed by atoms with E-state index in [1.54, 1.807) is 6.20 Å². The van der Waals surface area contributed by atoms with Crippen molar-refractivity contribution in [2.24, 2.45) is 4.99 Å². The molecule has 3 aromatic carbocycles. The Labute approximate surface area is 180 Å². The van der Waals surface area contributed by atoms with Crippen LogP contribution in [0.2, 0.25) is 0 Å². The van der Waals surface area contributed by atoms with Crippen LogP contribution in [0.15, 0.2) is 102 Å².